The van der Waals surface area contributed by atoms with Crippen LogP contribution in [0.25, 0.3) is 0 Å². The molecule has 10 heavy (non-hydrogen) atoms. The van der Waals surface area contributed by atoms with Gasteiger partial charge in [0.25, 0.3) is 0 Å². The molecule has 0 aliphatic heterocycles. The number of alkyl halides is 3. The number of rotatable bonds is 0. The zero-order valence-corrected chi connectivity index (χ0v) is 5.19. The second-order valence-corrected chi connectivity index (χ2v) is 1.84. The van der Waals surface area contributed by atoms with Gasteiger partial charge in [0.1, 0.15) is 0 Å². The zero-order valence-electron chi connectivity index (χ0n) is 4.43. The number of nitrogens with zero attached hydrogens (tertiary/aromatic N) is 3. The summed E-state index contributed by atoms with van der Waals surface area (Å²) in [6.07, 6.45) is -3.94. The van der Waals surface area contributed by atoms with E-state index < -0.39 is 6.30 Å². The largest absolute Gasteiger partial charge is 0.505 e. The van der Waals surface area contributed by atoms with Crippen LogP contribution in [-0.4, -0.2) is 15.0 Å². The molecular formula is C3HClF3N3. The third-order valence-electron chi connectivity index (χ3n) is 0.725. The molecule has 0 unspecified atom stereocenters. The lowest BCUT2D eigenvalue weighted by atomic mass is 10.9. The summed E-state index contributed by atoms with van der Waals surface area (Å²) in [6, 6.07) is 0. The molecule has 1 rings (SSSR count). The molecule has 0 N–H and O–H groups in total. The van der Waals surface area contributed by atoms with Crippen molar-refractivity contribution >= 4 is 11.6 Å². The van der Waals surface area contributed by atoms with Gasteiger partial charge in [0.05, 0.1) is 6.20 Å². The Morgan fingerprint density at radius 1 is 1.50 bits per heavy atom. The number of hydrogen-bond acceptors (Lipinski definition) is 2. The molecule has 0 aromatic carbocycles. The SMILES string of the molecule is FC(F)(F)n1cc(Cl)nn1. The Balaban J connectivity index is 2.96. The summed E-state index contributed by atoms with van der Waals surface area (Å²) in [5, 5.41) is 5.36. The maximum absolute atomic E-state index is 11.6. The first kappa shape index (κ1) is 7.33. The Morgan fingerprint density at radius 2 is 2.10 bits per heavy atom. The van der Waals surface area contributed by atoms with E-state index in [1.807, 2.05) is 0 Å². The molecule has 0 saturated carbocycles. The van der Waals surface area contributed by atoms with Crippen LogP contribution < -0.4 is 0 Å². The summed E-state index contributed by atoms with van der Waals surface area (Å²) in [6.45, 7) is 0. The van der Waals surface area contributed by atoms with Crippen LogP contribution in [0.3, 0.4) is 0 Å². The van der Waals surface area contributed by atoms with Crippen LogP contribution in [0.15, 0.2) is 6.20 Å². The topological polar surface area (TPSA) is 30.7 Å². The minimum absolute atomic E-state index is 0.269. The van der Waals surface area contributed by atoms with Crippen molar-refractivity contribution < 1.29 is 13.2 Å². The Kier molecular flexibility index (Phi) is 1.55. The molecule has 3 nitrogen and oxygen atoms in total. The fourth-order valence-electron chi connectivity index (χ4n) is 0.367. The van der Waals surface area contributed by atoms with E-state index in [1.165, 1.54) is 0 Å². The summed E-state index contributed by atoms with van der Waals surface area (Å²) >= 11 is 5.07. The van der Waals surface area contributed by atoms with E-state index in [2.05, 4.69) is 10.3 Å². The lowest BCUT2D eigenvalue weighted by molar-refractivity contribution is -0.213. The fraction of sp³-hybridized carbons (Fsp3) is 0.333. The Morgan fingerprint density at radius 3 is 2.30 bits per heavy atom. The second kappa shape index (κ2) is 2.12. The molecule has 56 valence electrons. The summed E-state index contributed by atoms with van der Waals surface area (Å²) in [5.74, 6) is 0. The van der Waals surface area contributed by atoms with Crippen LogP contribution in [0.2, 0.25) is 5.15 Å². The van der Waals surface area contributed by atoms with Gasteiger partial charge in [0.2, 0.25) is 0 Å². The summed E-state index contributed by atoms with van der Waals surface area (Å²) in [4.78, 5) is 0. The first-order chi connectivity index (χ1) is 4.50. The summed E-state index contributed by atoms with van der Waals surface area (Å²) < 4.78 is 34.5. The van der Waals surface area contributed by atoms with E-state index in [4.69, 9.17) is 11.6 Å². The highest BCUT2D eigenvalue weighted by atomic mass is 35.5. The molecule has 0 atom stereocenters. The third-order valence-corrected chi connectivity index (χ3v) is 0.898. The normalized spacial score (nSPS) is 12.0. The molecule has 0 fully saturated rings. The molecule has 0 bridgehead atoms. The number of aromatic nitrogens is 3. The lowest BCUT2D eigenvalue weighted by Gasteiger charge is -2.01. The van der Waals surface area contributed by atoms with Crippen molar-refractivity contribution in [1.82, 2.24) is 15.0 Å². The van der Waals surface area contributed by atoms with E-state index in [1.54, 1.807) is 0 Å². The van der Waals surface area contributed by atoms with Gasteiger partial charge in [-0.15, -0.1) is 18.3 Å². The smallest absolute Gasteiger partial charge is 0.157 e. The molecule has 0 saturated heterocycles. The number of halogens is 4. The van der Waals surface area contributed by atoms with E-state index >= 15 is 0 Å². The van der Waals surface area contributed by atoms with Crippen LogP contribution in [0.1, 0.15) is 0 Å². The van der Waals surface area contributed by atoms with Crippen molar-refractivity contribution in [3.63, 3.8) is 0 Å². The molecule has 1 aromatic heterocycles. The van der Waals surface area contributed by atoms with Crippen molar-refractivity contribution in [2.75, 3.05) is 0 Å². The first-order valence-electron chi connectivity index (χ1n) is 2.15. The van der Waals surface area contributed by atoms with Gasteiger partial charge in [-0.25, -0.2) is 0 Å². The van der Waals surface area contributed by atoms with E-state index in [0.717, 1.165) is 0 Å². The van der Waals surface area contributed by atoms with Gasteiger partial charge in [-0.3, -0.25) is 0 Å². The Bertz CT molecular complexity index is 229. The summed E-state index contributed by atoms with van der Waals surface area (Å²) in [5.41, 5.74) is 0. The summed E-state index contributed by atoms with van der Waals surface area (Å²) in [7, 11) is 0. The predicted octanol–water partition coefficient (Wildman–Crippen LogP) is 1.41. The van der Waals surface area contributed by atoms with E-state index in [-0.39, 0.29) is 9.83 Å². The monoisotopic (exact) mass is 171 g/mol. The van der Waals surface area contributed by atoms with Crippen molar-refractivity contribution in [3.05, 3.63) is 11.3 Å². The highest BCUT2D eigenvalue weighted by molar-refractivity contribution is 6.29. The third kappa shape index (κ3) is 1.38. The zero-order chi connectivity index (χ0) is 7.78. The van der Waals surface area contributed by atoms with Gasteiger partial charge >= 0.3 is 6.30 Å². The molecule has 0 aliphatic carbocycles. The fourth-order valence-corrected chi connectivity index (χ4v) is 0.494. The highest BCUT2D eigenvalue weighted by Crippen LogP contribution is 2.20. The molecule has 1 aromatic rings. The highest BCUT2D eigenvalue weighted by Gasteiger charge is 2.32. The van der Waals surface area contributed by atoms with Gasteiger partial charge in [0, 0.05) is 0 Å². The van der Waals surface area contributed by atoms with Crippen LogP contribution >= 0.6 is 11.6 Å². The minimum Gasteiger partial charge on any atom is -0.157 e. The van der Waals surface area contributed by atoms with E-state index in [0.29, 0.717) is 6.20 Å². The maximum atomic E-state index is 11.6. The Hall–Kier alpha value is -0.780. The molecule has 0 aliphatic rings. The predicted molar refractivity (Wildman–Crippen MR) is 26.3 cm³/mol. The van der Waals surface area contributed by atoms with Crippen molar-refractivity contribution in [2.24, 2.45) is 0 Å². The molecule has 0 radical (unpaired) electrons. The van der Waals surface area contributed by atoms with Crippen LogP contribution in [0.4, 0.5) is 13.2 Å². The standard InChI is InChI=1S/C3HClF3N3/c4-2-1-10(9-8-2)3(5,6)7/h1H. The first-order valence-corrected chi connectivity index (χ1v) is 2.53. The molecule has 7 heteroatoms. The average Bonchev–Trinajstić information content (AvgIpc) is 2.11. The lowest BCUT2D eigenvalue weighted by Crippen LogP contribution is -2.16. The Labute approximate surface area is 58.4 Å². The van der Waals surface area contributed by atoms with Gasteiger partial charge < -0.3 is 0 Å². The maximum Gasteiger partial charge on any atom is 0.505 e. The molecule has 0 amide bonds. The van der Waals surface area contributed by atoms with Crippen LogP contribution in [0, 0.1) is 0 Å². The minimum atomic E-state index is -4.53. The van der Waals surface area contributed by atoms with Gasteiger partial charge in [-0.05, 0) is 0 Å². The van der Waals surface area contributed by atoms with Crippen LogP contribution in [-0.2, 0) is 6.30 Å². The van der Waals surface area contributed by atoms with Gasteiger partial charge in [0.15, 0.2) is 5.15 Å². The second-order valence-electron chi connectivity index (χ2n) is 1.45. The molecule has 0 spiro atoms. The van der Waals surface area contributed by atoms with Crippen LogP contribution in [0.5, 0.6) is 0 Å². The average molecular weight is 172 g/mol. The van der Waals surface area contributed by atoms with Crippen molar-refractivity contribution in [1.29, 1.82) is 0 Å². The quantitative estimate of drug-likeness (QED) is 0.591. The van der Waals surface area contributed by atoms with Gasteiger partial charge in [-0.1, -0.05) is 16.8 Å². The molecule has 1 heterocycles. The van der Waals surface area contributed by atoms with Crippen molar-refractivity contribution in [2.45, 2.75) is 6.30 Å². The van der Waals surface area contributed by atoms with Crippen molar-refractivity contribution in [3.8, 4) is 0 Å². The van der Waals surface area contributed by atoms with E-state index in [9.17, 15) is 13.2 Å². The van der Waals surface area contributed by atoms with Gasteiger partial charge in [-0.2, -0.15) is 4.68 Å². The molecular weight excluding hydrogens is 171 g/mol. The number of hydrogen-bond donors (Lipinski definition) is 0.